The molecular formula is C60H115N5O24. The van der Waals surface area contributed by atoms with Crippen LogP contribution in [0, 0.1) is 0 Å². The van der Waals surface area contributed by atoms with Crippen LogP contribution in [-0.2, 0) is 127 Å². The topological polar surface area (TPSA) is 301 Å². The minimum Gasteiger partial charge on any atom is -0.382 e. The Balaban J connectivity index is 1.74. The maximum absolute atomic E-state index is 12.3. The van der Waals surface area contributed by atoms with E-state index < -0.39 is 0 Å². The second-order valence-corrected chi connectivity index (χ2v) is 19.3. The van der Waals surface area contributed by atoms with Crippen molar-refractivity contribution in [3.8, 4) is 0 Å². The monoisotopic (exact) mass is 1290 g/mol. The summed E-state index contributed by atoms with van der Waals surface area (Å²) in [5.74, 6) is 0.130. The lowest BCUT2D eigenvalue weighted by Gasteiger charge is -2.09. The van der Waals surface area contributed by atoms with Gasteiger partial charge in [0.05, 0.1) is 152 Å². The Morgan fingerprint density at radius 2 is 0.461 bits per heavy atom. The summed E-state index contributed by atoms with van der Waals surface area (Å²) in [6.45, 7) is 22.2. The van der Waals surface area contributed by atoms with Crippen LogP contribution in [0.5, 0.6) is 0 Å². The molecule has 0 saturated heterocycles. The second kappa shape index (κ2) is 74.2. The van der Waals surface area contributed by atoms with Gasteiger partial charge in [0.1, 0.15) is 13.2 Å². The summed E-state index contributed by atoms with van der Waals surface area (Å²) >= 11 is 0. The number of ketones is 1. The van der Waals surface area contributed by atoms with Crippen molar-refractivity contribution in [3.63, 3.8) is 0 Å². The van der Waals surface area contributed by atoms with Gasteiger partial charge in [0.15, 0.2) is 17.4 Å². The van der Waals surface area contributed by atoms with Gasteiger partial charge in [-0.05, 0) is 57.8 Å². The third kappa shape index (κ3) is 69.4. The van der Waals surface area contributed by atoms with E-state index in [1.54, 1.807) is 14.2 Å². The molecule has 524 valence electrons. The van der Waals surface area contributed by atoms with Crippen LogP contribution < -0.4 is 5.32 Å². The third-order valence-corrected chi connectivity index (χ3v) is 11.5. The van der Waals surface area contributed by atoms with Crippen molar-refractivity contribution >= 4 is 11.7 Å². The summed E-state index contributed by atoms with van der Waals surface area (Å²) in [6, 6.07) is 0. The molecule has 1 aromatic heterocycles. The Kier molecular flexibility index (Phi) is 70.2. The SMILES string of the molecule is COCCOCCCOCCCOCCCOCCCOCCCOCCCOCCCOCCCOCCCOCC(=O)NCc1nnc(CCC(=O)COCCOCCOCCOCCOCCOCCOCCOCCOCCOCCOC)nn1. The number of carbonyl (C=O) groups excluding carboxylic acids is 2. The first-order valence-corrected chi connectivity index (χ1v) is 32.0. The fraction of sp³-hybridized carbons (Fsp3) is 0.933. The van der Waals surface area contributed by atoms with Crippen LogP contribution in [0.4, 0.5) is 0 Å². The molecule has 0 unspecified atom stereocenters. The molecule has 0 atom stereocenters. The van der Waals surface area contributed by atoms with Gasteiger partial charge in [0.2, 0.25) is 5.91 Å². The number of aromatic nitrogens is 4. The summed E-state index contributed by atoms with van der Waals surface area (Å²) in [5, 5.41) is 18.7. The van der Waals surface area contributed by atoms with Crippen LogP contribution in [-0.4, -0.2) is 324 Å². The van der Waals surface area contributed by atoms with E-state index in [1.807, 2.05) is 0 Å². The Hall–Kier alpha value is -2.80. The number of nitrogens with one attached hydrogen (secondary N) is 1. The Morgan fingerprint density at radius 1 is 0.258 bits per heavy atom. The quantitative estimate of drug-likeness (QED) is 0.0916. The van der Waals surface area contributed by atoms with Crippen LogP contribution in [0.25, 0.3) is 0 Å². The van der Waals surface area contributed by atoms with Crippen molar-refractivity contribution in [2.75, 3.05) is 292 Å². The second-order valence-electron chi connectivity index (χ2n) is 19.3. The van der Waals surface area contributed by atoms with E-state index in [0.29, 0.717) is 270 Å². The maximum Gasteiger partial charge on any atom is 0.246 e. The van der Waals surface area contributed by atoms with E-state index >= 15 is 0 Å². The first kappa shape index (κ1) is 84.2. The molecule has 29 heteroatoms. The summed E-state index contributed by atoms with van der Waals surface area (Å²) in [5.41, 5.74) is 0. The first-order valence-electron chi connectivity index (χ1n) is 32.0. The lowest BCUT2D eigenvalue weighted by molar-refractivity contribution is -0.126. The van der Waals surface area contributed by atoms with Crippen LogP contribution in [0.1, 0.15) is 75.9 Å². The van der Waals surface area contributed by atoms with Gasteiger partial charge in [-0.25, -0.2) is 0 Å². The standard InChI is InChI=1S/C60H115N5O24/c1-68-32-34-78-30-10-28-76-26-8-24-74-22-6-20-72-18-4-16-70-14-3-15-71-17-5-19-73-21-7-23-75-25-9-27-77-29-11-31-88-56-60(67)61-54-59-64-62-58(63-65-59)13-12-57(66)55-89-53-52-87-51-50-86-49-48-85-47-46-84-45-44-83-43-42-82-41-40-81-39-38-80-37-36-79-35-33-69-2/h3-56H2,1-2H3,(H,61,67). The van der Waals surface area contributed by atoms with Gasteiger partial charge in [-0.15, -0.1) is 20.4 Å². The lowest BCUT2D eigenvalue weighted by Crippen LogP contribution is -2.28. The highest BCUT2D eigenvalue weighted by molar-refractivity contribution is 5.79. The zero-order valence-electron chi connectivity index (χ0n) is 54.3. The third-order valence-electron chi connectivity index (χ3n) is 11.5. The van der Waals surface area contributed by atoms with Gasteiger partial charge in [0.25, 0.3) is 0 Å². The zero-order valence-corrected chi connectivity index (χ0v) is 54.3. The van der Waals surface area contributed by atoms with Crippen molar-refractivity contribution in [1.82, 2.24) is 25.7 Å². The molecule has 1 N–H and O–H groups in total. The predicted molar refractivity (Wildman–Crippen MR) is 324 cm³/mol. The van der Waals surface area contributed by atoms with Crippen molar-refractivity contribution in [2.24, 2.45) is 0 Å². The predicted octanol–water partition coefficient (Wildman–Crippen LogP) is 2.52. The van der Waals surface area contributed by atoms with Gasteiger partial charge in [0, 0.05) is 146 Å². The summed E-state index contributed by atoms with van der Waals surface area (Å²) in [7, 11) is 3.30. The summed E-state index contributed by atoms with van der Waals surface area (Å²) in [4.78, 5) is 24.4. The van der Waals surface area contributed by atoms with Gasteiger partial charge < -0.3 is 110 Å². The number of Topliss-reactive ketones (excluding diaryl/α,β-unsaturated/α-hetero) is 1. The van der Waals surface area contributed by atoms with Gasteiger partial charge in [-0.1, -0.05) is 0 Å². The number of amides is 1. The Labute approximate surface area is 530 Å². The van der Waals surface area contributed by atoms with Gasteiger partial charge in [-0.3, -0.25) is 9.59 Å². The number of nitrogens with zero attached hydrogens (tertiary/aromatic N) is 4. The highest BCUT2D eigenvalue weighted by atomic mass is 16.6. The number of rotatable bonds is 78. The number of ether oxygens (including phenoxy) is 22. The first-order chi connectivity index (χ1) is 44.2. The van der Waals surface area contributed by atoms with Crippen LogP contribution in [0.15, 0.2) is 0 Å². The molecular weight excluding hydrogens is 1170 g/mol. The molecule has 0 saturated carbocycles. The number of hydrogen-bond acceptors (Lipinski definition) is 28. The molecule has 1 amide bonds. The number of carbonyl (C=O) groups is 2. The molecule has 89 heavy (non-hydrogen) atoms. The highest BCUT2D eigenvalue weighted by Crippen LogP contribution is 1.99. The molecule has 1 heterocycles. The molecule has 1 rings (SSSR count). The highest BCUT2D eigenvalue weighted by Gasteiger charge is 2.09. The summed E-state index contributed by atoms with van der Waals surface area (Å²) < 4.78 is 120. The average molecular weight is 1290 g/mol. The molecule has 0 spiro atoms. The normalized spacial score (nSPS) is 11.6. The maximum atomic E-state index is 12.3. The fourth-order valence-corrected chi connectivity index (χ4v) is 6.89. The van der Waals surface area contributed by atoms with Crippen LogP contribution >= 0.6 is 0 Å². The van der Waals surface area contributed by atoms with Crippen LogP contribution in [0.3, 0.4) is 0 Å². The molecule has 0 aliphatic rings. The molecule has 0 fully saturated rings. The minimum absolute atomic E-state index is 0.0468. The zero-order chi connectivity index (χ0) is 63.6. The largest absolute Gasteiger partial charge is 0.382 e. The lowest BCUT2D eigenvalue weighted by atomic mass is 10.2. The Bertz CT molecular complexity index is 1560. The smallest absolute Gasteiger partial charge is 0.246 e. The van der Waals surface area contributed by atoms with Crippen molar-refractivity contribution < 1.29 is 114 Å². The van der Waals surface area contributed by atoms with Gasteiger partial charge >= 0.3 is 0 Å². The Morgan fingerprint density at radius 3 is 0.730 bits per heavy atom. The summed E-state index contributed by atoms with van der Waals surface area (Å²) in [6.07, 6.45) is 7.98. The molecule has 0 aromatic carbocycles. The molecule has 0 bridgehead atoms. The number of aryl methyl sites for hydroxylation is 1. The fourth-order valence-electron chi connectivity index (χ4n) is 6.89. The molecule has 0 aliphatic carbocycles. The van der Waals surface area contributed by atoms with E-state index in [0.717, 1.165) is 51.4 Å². The van der Waals surface area contributed by atoms with E-state index in [9.17, 15) is 9.59 Å². The van der Waals surface area contributed by atoms with Crippen LogP contribution in [0.2, 0.25) is 0 Å². The van der Waals surface area contributed by atoms with E-state index in [4.69, 9.17) is 104 Å². The van der Waals surface area contributed by atoms with Crippen molar-refractivity contribution in [1.29, 1.82) is 0 Å². The van der Waals surface area contributed by atoms with E-state index in [1.165, 1.54) is 0 Å². The van der Waals surface area contributed by atoms with Crippen molar-refractivity contribution in [2.45, 2.75) is 77.2 Å². The number of hydrogen-bond donors (Lipinski definition) is 1. The van der Waals surface area contributed by atoms with Gasteiger partial charge in [-0.2, -0.15) is 0 Å². The number of methoxy groups -OCH3 is 2. The van der Waals surface area contributed by atoms with E-state index in [2.05, 4.69) is 25.7 Å². The molecule has 0 radical (unpaired) electrons. The van der Waals surface area contributed by atoms with Crippen molar-refractivity contribution in [3.05, 3.63) is 11.6 Å². The molecule has 29 nitrogen and oxygen atoms in total. The van der Waals surface area contributed by atoms with E-state index in [-0.39, 0.29) is 56.7 Å². The average Bonchev–Trinajstić information content (AvgIpc) is 3.60. The minimum atomic E-state index is -0.316. The molecule has 0 aliphatic heterocycles. The molecule has 1 aromatic rings.